The number of likely N-dealkylation sites (tertiary alicyclic amines) is 1. The molecule has 20 heavy (non-hydrogen) atoms. The Kier molecular flexibility index (Phi) is 4.70. The second kappa shape index (κ2) is 6.49. The van der Waals surface area contributed by atoms with Crippen molar-refractivity contribution in [2.75, 3.05) is 33.7 Å². The topological polar surface area (TPSA) is 60.2 Å². The van der Waals surface area contributed by atoms with E-state index in [1.54, 1.807) is 17.0 Å². The average molecular weight is 272 g/mol. The third-order valence-electron chi connectivity index (χ3n) is 3.83. The van der Waals surface area contributed by atoms with Crippen molar-refractivity contribution in [2.45, 2.75) is 12.8 Å². The molecule has 2 rings (SSSR count). The molecule has 0 bridgehead atoms. The van der Waals surface area contributed by atoms with Crippen molar-refractivity contribution in [1.29, 1.82) is 5.26 Å². The lowest BCUT2D eigenvalue weighted by molar-refractivity contribution is 0.0741. The number of hydrogen-bond donors (Lipinski definition) is 0. The zero-order chi connectivity index (χ0) is 14.5. The van der Waals surface area contributed by atoms with Gasteiger partial charge in [0.05, 0.1) is 5.56 Å². The first-order valence-electron chi connectivity index (χ1n) is 6.90. The van der Waals surface area contributed by atoms with Crippen LogP contribution in [0.4, 0.5) is 0 Å². The summed E-state index contributed by atoms with van der Waals surface area (Å²) >= 11 is 0. The third kappa shape index (κ3) is 3.55. The van der Waals surface area contributed by atoms with Crippen LogP contribution in [0.15, 0.2) is 18.3 Å². The van der Waals surface area contributed by atoms with E-state index in [0.717, 1.165) is 32.5 Å². The van der Waals surface area contributed by atoms with Crippen LogP contribution in [0, 0.1) is 17.2 Å². The average Bonchev–Trinajstić information content (AvgIpc) is 2.49. The molecule has 2 heterocycles. The predicted molar refractivity (Wildman–Crippen MR) is 76.1 cm³/mol. The van der Waals surface area contributed by atoms with Crippen LogP contribution in [0.3, 0.4) is 0 Å². The Morgan fingerprint density at radius 2 is 2.20 bits per heavy atom. The van der Waals surface area contributed by atoms with Crippen LogP contribution >= 0.6 is 0 Å². The molecule has 0 aromatic carbocycles. The maximum absolute atomic E-state index is 12.3. The number of piperidine rings is 1. The first-order valence-corrected chi connectivity index (χ1v) is 6.90. The SMILES string of the molecule is CN1CCC(CN(C)C(=O)c2ccc(C#N)cn2)CC1. The second-order valence-corrected chi connectivity index (χ2v) is 5.48. The van der Waals surface area contributed by atoms with Crippen molar-refractivity contribution in [3.05, 3.63) is 29.6 Å². The number of nitriles is 1. The molecule has 0 saturated carbocycles. The lowest BCUT2D eigenvalue weighted by Crippen LogP contribution is -2.38. The molecule has 0 N–H and O–H groups in total. The fourth-order valence-corrected chi connectivity index (χ4v) is 2.50. The Balaban J connectivity index is 1.92. The molecule has 1 amide bonds. The number of carbonyl (C=O) groups excluding carboxylic acids is 1. The third-order valence-corrected chi connectivity index (χ3v) is 3.83. The molecule has 1 aromatic rings. The van der Waals surface area contributed by atoms with E-state index in [9.17, 15) is 4.79 Å². The normalized spacial score (nSPS) is 16.6. The molecule has 5 heteroatoms. The van der Waals surface area contributed by atoms with Gasteiger partial charge in [-0.2, -0.15) is 5.26 Å². The molecule has 1 aliphatic rings. The van der Waals surface area contributed by atoms with Crippen molar-refractivity contribution in [3.8, 4) is 6.07 Å². The van der Waals surface area contributed by atoms with Gasteiger partial charge in [0.15, 0.2) is 0 Å². The Bertz CT molecular complexity index is 498. The second-order valence-electron chi connectivity index (χ2n) is 5.48. The maximum Gasteiger partial charge on any atom is 0.272 e. The lowest BCUT2D eigenvalue weighted by Gasteiger charge is -2.31. The molecule has 106 valence electrons. The minimum atomic E-state index is -0.0755. The van der Waals surface area contributed by atoms with Crippen LogP contribution in [-0.2, 0) is 0 Å². The van der Waals surface area contributed by atoms with E-state index < -0.39 is 0 Å². The highest BCUT2D eigenvalue weighted by Crippen LogP contribution is 2.17. The number of hydrogen-bond acceptors (Lipinski definition) is 4. The van der Waals surface area contributed by atoms with E-state index in [1.165, 1.54) is 6.20 Å². The summed E-state index contributed by atoms with van der Waals surface area (Å²) in [5, 5.41) is 8.72. The van der Waals surface area contributed by atoms with E-state index in [1.807, 2.05) is 13.1 Å². The summed E-state index contributed by atoms with van der Waals surface area (Å²) in [7, 11) is 3.95. The molecule has 0 aliphatic carbocycles. The van der Waals surface area contributed by atoms with E-state index in [2.05, 4.69) is 16.9 Å². The van der Waals surface area contributed by atoms with Gasteiger partial charge in [-0.1, -0.05) is 0 Å². The highest BCUT2D eigenvalue weighted by molar-refractivity contribution is 5.92. The highest BCUT2D eigenvalue weighted by atomic mass is 16.2. The summed E-state index contributed by atoms with van der Waals surface area (Å²) in [6, 6.07) is 5.25. The summed E-state index contributed by atoms with van der Waals surface area (Å²) in [4.78, 5) is 20.4. The zero-order valence-electron chi connectivity index (χ0n) is 12.0. The predicted octanol–water partition coefficient (Wildman–Crippen LogP) is 1.37. The van der Waals surface area contributed by atoms with Gasteiger partial charge < -0.3 is 9.80 Å². The molecular formula is C15H20N4O. The van der Waals surface area contributed by atoms with Crippen molar-refractivity contribution in [2.24, 2.45) is 5.92 Å². The van der Waals surface area contributed by atoms with Crippen molar-refractivity contribution < 1.29 is 4.79 Å². The van der Waals surface area contributed by atoms with Gasteiger partial charge in [0.1, 0.15) is 11.8 Å². The number of amides is 1. The summed E-state index contributed by atoms with van der Waals surface area (Å²) in [5.74, 6) is 0.493. The first kappa shape index (κ1) is 14.5. The van der Waals surface area contributed by atoms with Crippen LogP contribution in [0.2, 0.25) is 0 Å². The highest BCUT2D eigenvalue weighted by Gasteiger charge is 2.21. The van der Waals surface area contributed by atoms with Crippen LogP contribution in [0.1, 0.15) is 28.9 Å². The van der Waals surface area contributed by atoms with Crippen LogP contribution in [-0.4, -0.2) is 54.4 Å². The van der Waals surface area contributed by atoms with Gasteiger partial charge in [-0.3, -0.25) is 4.79 Å². The summed E-state index contributed by atoms with van der Waals surface area (Å²) in [6.45, 7) is 2.97. The minimum absolute atomic E-state index is 0.0755. The Morgan fingerprint density at radius 3 is 2.75 bits per heavy atom. The van der Waals surface area contributed by atoms with Gasteiger partial charge >= 0.3 is 0 Å². The Labute approximate surface area is 119 Å². The van der Waals surface area contributed by atoms with Gasteiger partial charge in [-0.25, -0.2) is 4.98 Å². The fraction of sp³-hybridized carbons (Fsp3) is 0.533. The summed E-state index contributed by atoms with van der Waals surface area (Å²) < 4.78 is 0. The van der Waals surface area contributed by atoms with Crippen molar-refractivity contribution >= 4 is 5.91 Å². The fourth-order valence-electron chi connectivity index (χ4n) is 2.50. The zero-order valence-corrected chi connectivity index (χ0v) is 12.0. The maximum atomic E-state index is 12.3. The van der Waals surface area contributed by atoms with Crippen LogP contribution in [0.5, 0.6) is 0 Å². The van der Waals surface area contributed by atoms with E-state index in [-0.39, 0.29) is 5.91 Å². The number of rotatable bonds is 3. The number of aromatic nitrogens is 1. The number of nitrogens with zero attached hydrogens (tertiary/aromatic N) is 4. The Hall–Kier alpha value is -1.93. The first-order chi connectivity index (χ1) is 9.60. The lowest BCUT2D eigenvalue weighted by atomic mass is 9.96. The van der Waals surface area contributed by atoms with Gasteiger partial charge in [-0.05, 0) is 51.0 Å². The molecule has 0 unspecified atom stereocenters. The quantitative estimate of drug-likeness (QED) is 0.833. The standard InChI is InChI=1S/C15H20N4O/c1-18-7-5-12(6-8-18)11-19(2)15(20)14-4-3-13(9-16)10-17-14/h3-4,10,12H,5-8,11H2,1-2H3. The molecule has 1 saturated heterocycles. The molecule has 0 radical (unpaired) electrons. The largest absolute Gasteiger partial charge is 0.340 e. The number of pyridine rings is 1. The van der Waals surface area contributed by atoms with Crippen molar-refractivity contribution in [1.82, 2.24) is 14.8 Å². The monoisotopic (exact) mass is 272 g/mol. The Morgan fingerprint density at radius 1 is 1.50 bits per heavy atom. The molecule has 1 aliphatic heterocycles. The minimum Gasteiger partial charge on any atom is -0.340 e. The van der Waals surface area contributed by atoms with E-state index in [4.69, 9.17) is 5.26 Å². The van der Waals surface area contributed by atoms with Gasteiger partial charge in [0.25, 0.3) is 5.91 Å². The molecule has 1 aromatic heterocycles. The van der Waals surface area contributed by atoms with Gasteiger partial charge in [-0.15, -0.1) is 0 Å². The van der Waals surface area contributed by atoms with Gasteiger partial charge in [0, 0.05) is 19.8 Å². The molecule has 0 atom stereocenters. The van der Waals surface area contributed by atoms with Crippen LogP contribution < -0.4 is 0 Å². The van der Waals surface area contributed by atoms with E-state index >= 15 is 0 Å². The molecule has 0 spiro atoms. The summed E-state index contributed by atoms with van der Waals surface area (Å²) in [5.41, 5.74) is 0.874. The van der Waals surface area contributed by atoms with Gasteiger partial charge in [0.2, 0.25) is 0 Å². The smallest absolute Gasteiger partial charge is 0.272 e. The summed E-state index contributed by atoms with van der Waals surface area (Å²) in [6.07, 6.45) is 3.71. The molecule has 1 fully saturated rings. The number of carbonyl (C=O) groups is 1. The molecular weight excluding hydrogens is 252 g/mol. The van der Waals surface area contributed by atoms with E-state index in [0.29, 0.717) is 17.2 Å². The van der Waals surface area contributed by atoms with Crippen LogP contribution in [0.25, 0.3) is 0 Å². The molecule has 5 nitrogen and oxygen atoms in total. The van der Waals surface area contributed by atoms with Crippen molar-refractivity contribution in [3.63, 3.8) is 0 Å².